The SMILES string of the molecule is CCCc1nn(C)c(OCC(=O)OC)c1Cc1ccc(N)cc1. The molecule has 0 amide bonds. The van der Waals surface area contributed by atoms with Crippen molar-refractivity contribution in [2.75, 3.05) is 19.5 Å². The van der Waals surface area contributed by atoms with Gasteiger partial charge in [-0.3, -0.25) is 0 Å². The van der Waals surface area contributed by atoms with Gasteiger partial charge in [0, 0.05) is 24.7 Å². The predicted octanol–water partition coefficient (Wildman–Crippen LogP) is 2.10. The number of aromatic nitrogens is 2. The smallest absolute Gasteiger partial charge is 0.343 e. The van der Waals surface area contributed by atoms with E-state index in [0.717, 1.165) is 35.3 Å². The van der Waals surface area contributed by atoms with Gasteiger partial charge in [-0.05, 0) is 24.1 Å². The van der Waals surface area contributed by atoms with Gasteiger partial charge in [0.1, 0.15) is 0 Å². The Morgan fingerprint density at radius 2 is 2.00 bits per heavy atom. The van der Waals surface area contributed by atoms with Crippen LogP contribution in [-0.2, 0) is 29.4 Å². The first kappa shape index (κ1) is 16.9. The van der Waals surface area contributed by atoms with Crippen LogP contribution in [0.2, 0.25) is 0 Å². The molecule has 0 saturated carbocycles. The number of nitrogen functional groups attached to an aromatic ring is 1. The van der Waals surface area contributed by atoms with E-state index in [4.69, 9.17) is 10.5 Å². The van der Waals surface area contributed by atoms with Crippen molar-refractivity contribution in [3.05, 3.63) is 41.1 Å². The molecule has 0 fully saturated rings. The van der Waals surface area contributed by atoms with Gasteiger partial charge in [-0.1, -0.05) is 25.5 Å². The molecule has 6 heteroatoms. The Balaban J connectivity index is 2.29. The minimum atomic E-state index is -0.415. The zero-order chi connectivity index (χ0) is 16.8. The highest BCUT2D eigenvalue weighted by Gasteiger charge is 2.18. The van der Waals surface area contributed by atoms with Crippen LogP contribution in [0.5, 0.6) is 5.88 Å². The molecule has 2 aromatic rings. The predicted molar refractivity (Wildman–Crippen MR) is 88.4 cm³/mol. The summed E-state index contributed by atoms with van der Waals surface area (Å²) in [5, 5.41) is 4.53. The van der Waals surface area contributed by atoms with Crippen LogP contribution in [0, 0.1) is 0 Å². The summed E-state index contributed by atoms with van der Waals surface area (Å²) in [5.41, 5.74) is 9.58. The van der Waals surface area contributed by atoms with Gasteiger partial charge in [-0.15, -0.1) is 0 Å². The number of hydrogen-bond acceptors (Lipinski definition) is 5. The van der Waals surface area contributed by atoms with Gasteiger partial charge in [0.15, 0.2) is 6.61 Å². The lowest BCUT2D eigenvalue weighted by molar-refractivity contribution is -0.143. The van der Waals surface area contributed by atoms with E-state index in [2.05, 4.69) is 16.8 Å². The average molecular weight is 317 g/mol. The lowest BCUT2D eigenvalue weighted by Gasteiger charge is -2.09. The minimum absolute atomic E-state index is 0.129. The van der Waals surface area contributed by atoms with E-state index in [1.54, 1.807) is 4.68 Å². The first-order valence-electron chi connectivity index (χ1n) is 7.64. The van der Waals surface area contributed by atoms with E-state index in [-0.39, 0.29) is 6.61 Å². The molecule has 0 atom stereocenters. The molecule has 23 heavy (non-hydrogen) atoms. The van der Waals surface area contributed by atoms with Crippen LogP contribution < -0.4 is 10.5 Å². The number of carbonyl (C=O) groups is 1. The molecule has 0 aliphatic heterocycles. The number of benzene rings is 1. The first-order chi connectivity index (χ1) is 11.0. The second-order valence-corrected chi connectivity index (χ2v) is 5.39. The van der Waals surface area contributed by atoms with Crippen molar-refractivity contribution < 1.29 is 14.3 Å². The zero-order valence-corrected chi connectivity index (χ0v) is 13.8. The minimum Gasteiger partial charge on any atom is -0.466 e. The molecule has 2 rings (SSSR count). The maximum Gasteiger partial charge on any atom is 0.343 e. The molecule has 0 unspecified atom stereocenters. The summed E-state index contributed by atoms with van der Waals surface area (Å²) in [6, 6.07) is 7.73. The summed E-state index contributed by atoms with van der Waals surface area (Å²) in [6.07, 6.45) is 2.53. The molecule has 0 bridgehead atoms. The summed E-state index contributed by atoms with van der Waals surface area (Å²) >= 11 is 0. The van der Waals surface area contributed by atoms with Crippen LogP contribution in [0.1, 0.15) is 30.2 Å². The molecule has 1 aromatic heterocycles. The molecule has 1 heterocycles. The Bertz CT molecular complexity index is 662. The molecular weight excluding hydrogens is 294 g/mol. The lowest BCUT2D eigenvalue weighted by Crippen LogP contribution is -2.15. The second kappa shape index (κ2) is 7.67. The quantitative estimate of drug-likeness (QED) is 0.625. The van der Waals surface area contributed by atoms with Gasteiger partial charge >= 0.3 is 5.97 Å². The molecule has 1 aromatic carbocycles. The highest BCUT2D eigenvalue weighted by atomic mass is 16.6. The Hall–Kier alpha value is -2.50. The van der Waals surface area contributed by atoms with Crippen molar-refractivity contribution in [3.63, 3.8) is 0 Å². The zero-order valence-electron chi connectivity index (χ0n) is 13.8. The molecule has 0 spiro atoms. The molecule has 124 valence electrons. The lowest BCUT2D eigenvalue weighted by atomic mass is 10.0. The van der Waals surface area contributed by atoms with Crippen molar-refractivity contribution in [2.45, 2.75) is 26.2 Å². The Labute approximate surface area is 136 Å². The number of nitrogens with zero attached hydrogens (tertiary/aromatic N) is 2. The standard InChI is InChI=1S/C17H23N3O3/c1-4-5-15-14(10-12-6-8-13(18)9-7-12)17(20(2)19-15)23-11-16(21)22-3/h6-9H,4-5,10-11,18H2,1-3H3. The fraction of sp³-hybridized carbons (Fsp3) is 0.412. The third-order valence-corrected chi connectivity index (χ3v) is 3.57. The summed E-state index contributed by atoms with van der Waals surface area (Å²) in [4.78, 5) is 11.3. The van der Waals surface area contributed by atoms with Crippen molar-refractivity contribution in [1.82, 2.24) is 9.78 Å². The molecule has 2 N–H and O–H groups in total. The fourth-order valence-electron chi connectivity index (χ4n) is 2.43. The Morgan fingerprint density at radius 1 is 1.30 bits per heavy atom. The summed E-state index contributed by atoms with van der Waals surface area (Å²) in [5.74, 6) is 0.192. The molecule has 0 radical (unpaired) electrons. The molecule has 0 aliphatic rings. The molecular formula is C17H23N3O3. The third kappa shape index (κ3) is 4.25. The number of ether oxygens (including phenoxy) is 2. The van der Waals surface area contributed by atoms with Crippen molar-refractivity contribution in [1.29, 1.82) is 0 Å². The van der Waals surface area contributed by atoms with Crippen molar-refractivity contribution >= 4 is 11.7 Å². The van der Waals surface area contributed by atoms with E-state index < -0.39 is 5.97 Å². The van der Waals surface area contributed by atoms with Crippen LogP contribution in [0.3, 0.4) is 0 Å². The van der Waals surface area contributed by atoms with Crippen LogP contribution in [0.4, 0.5) is 5.69 Å². The van der Waals surface area contributed by atoms with Gasteiger partial charge in [-0.25, -0.2) is 9.48 Å². The van der Waals surface area contributed by atoms with E-state index in [1.807, 2.05) is 31.3 Å². The first-order valence-corrected chi connectivity index (χ1v) is 7.64. The summed E-state index contributed by atoms with van der Waals surface area (Å²) < 4.78 is 12.0. The second-order valence-electron chi connectivity index (χ2n) is 5.39. The van der Waals surface area contributed by atoms with Crippen LogP contribution >= 0.6 is 0 Å². The Kier molecular flexibility index (Phi) is 5.62. The van der Waals surface area contributed by atoms with Crippen LogP contribution in [-0.4, -0.2) is 29.5 Å². The normalized spacial score (nSPS) is 10.6. The molecule has 0 saturated heterocycles. The summed E-state index contributed by atoms with van der Waals surface area (Å²) in [6.45, 7) is 1.98. The maximum absolute atomic E-state index is 11.3. The summed E-state index contributed by atoms with van der Waals surface area (Å²) in [7, 11) is 3.16. The maximum atomic E-state index is 11.3. The van der Waals surface area contributed by atoms with Gasteiger partial charge in [0.25, 0.3) is 0 Å². The Morgan fingerprint density at radius 3 is 2.61 bits per heavy atom. The van der Waals surface area contributed by atoms with E-state index in [0.29, 0.717) is 12.3 Å². The number of hydrogen-bond donors (Lipinski definition) is 1. The third-order valence-electron chi connectivity index (χ3n) is 3.57. The van der Waals surface area contributed by atoms with Crippen molar-refractivity contribution in [3.8, 4) is 5.88 Å². The largest absolute Gasteiger partial charge is 0.466 e. The monoisotopic (exact) mass is 317 g/mol. The van der Waals surface area contributed by atoms with Gasteiger partial charge in [0.2, 0.25) is 5.88 Å². The van der Waals surface area contributed by atoms with E-state index >= 15 is 0 Å². The highest BCUT2D eigenvalue weighted by molar-refractivity contribution is 5.70. The average Bonchev–Trinajstić information content (AvgIpc) is 2.83. The van der Waals surface area contributed by atoms with Crippen LogP contribution in [0.25, 0.3) is 0 Å². The fourth-order valence-corrected chi connectivity index (χ4v) is 2.43. The topological polar surface area (TPSA) is 79.4 Å². The number of anilines is 1. The molecule has 6 nitrogen and oxygen atoms in total. The number of rotatable bonds is 7. The van der Waals surface area contributed by atoms with Gasteiger partial charge in [-0.2, -0.15) is 5.10 Å². The number of esters is 1. The number of aryl methyl sites for hydroxylation is 2. The van der Waals surface area contributed by atoms with Gasteiger partial charge in [0.05, 0.1) is 12.8 Å². The molecule has 0 aliphatic carbocycles. The number of nitrogens with two attached hydrogens (primary N) is 1. The van der Waals surface area contributed by atoms with Crippen LogP contribution in [0.15, 0.2) is 24.3 Å². The number of carbonyl (C=O) groups excluding carboxylic acids is 1. The van der Waals surface area contributed by atoms with E-state index in [1.165, 1.54) is 7.11 Å². The van der Waals surface area contributed by atoms with Crippen molar-refractivity contribution in [2.24, 2.45) is 7.05 Å². The van der Waals surface area contributed by atoms with E-state index in [9.17, 15) is 4.79 Å². The van der Waals surface area contributed by atoms with Gasteiger partial charge < -0.3 is 15.2 Å². The highest BCUT2D eigenvalue weighted by Crippen LogP contribution is 2.26. The number of methoxy groups -OCH3 is 1.